The van der Waals surface area contributed by atoms with Gasteiger partial charge in [0.25, 0.3) is 0 Å². The monoisotopic (exact) mass is 722 g/mol. The van der Waals surface area contributed by atoms with E-state index in [0.717, 1.165) is 25.7 Å². The fraction of sp³-hybridized carbons (Fsp3) is 0.935. The highest BCUT2D eigenvalue weighted by Gasteiger charge is 2.20. The molecule has 4 N–H and O–H groups in total. The van der Waals surface area contributed by atoms with E-state index in [1.165, 1.54) is 199 Å². The van der Waals surface area contributed by atoms with Gasteiger partial charge in [-0.3, -0.25) is 4.79 Å². The molecule has 0 saturated heterocycles. The Balaban J connectivity index is 3.55. The minimum Gasteiger partial charge on any atom is -0.394 e. The summed E-state index contributed by atoms with van der Waals surface area (Å²) in [5.41, 5.74) is 0. The van der Waals surface area contributed by atoms with Crippen LogP contribution in [0.25, 0.3) is 0 Å². The van der Waals surface area contributed by atoms with E-state index in [9.17, 15) is 20.1 Å². The minimum absolute atomic E-state index is 0.0187. The molecule has 51 heavy (non-hydrogen) atoms. The lowest BCUT2D eigenvalue weighted by atomic mass is 10.0. The second-order valence-corrected chi connectivity index (χ2v) is 16.0. The van der Waals surface area contributed by atoms with Gasteiger partial charge in [0, 0.05) is 0 Å². The molecule has 0 rings (SSSR count). The summed E-state index contributed by atoms with van der Waals surface area (Å²) in [6, 6.07) is -0.738. The summed E-state index contributed by atoms with van der Waals surface area (Å²) in [6.07, 6.45) is 49.4. The number of hydrogen-bond acceptors (Lipinski definition) is 4. The molecule has 304 valence electrons. The molecule has 0 aromatic heterocycles. The molecule has 0 radical (unpaired) electrons. The number of unbranched alkanes of at least 4 members (excludes halogenated alkanes) is 33. The van der Waals surface area contributed by atoms with Gasteiger partial charge in [0.2, 0.25) is 5.91 Å². The minimum atomic E-state index is -0.923. The van der Waals surface area contributed by atoms with Crippen molar-refractivity contribution >= 4 is 5.91 Å². The zero-order valence-electron chi connectivity index (χ0n) is 34.5. The van der Waals surface area contributed by atoms with Crippen LogP contribution in [0.1, 0.15) is 251 Å². The van der Waals surface area contributed by atoms with Crippen LogP contribution in [0.2, 0.25) is 0 Å². The van der Waals surface area contributed by atoms with Gasteiger partial charge in [-0.25, -0.2) is 0 Å². The number of carbonyl (C=O) groups is 1. The molecule has 5 nitrogen and oxygen atoms in total. The molecule has 0 bridgehead atoms. The van der Waals surface area contributed by atoms with Crippen LogP contribution in [0, 0.1) is 0 Å². The van der Waals surface area contributed by atoms with E-state index >= 15 is 0 Å². The molecule has 1 amide bonds. The lowest BCUT2D eigenvalue weighted by Gasteiger charge is -2.21. The summed E-state index contributed by atoms with van der Waals surface area (Å²) < 4.78 is 0. The Hall–Kier alpha value is -0.910. The maximum atomic E-state index is 12.4. The largest absolute Gasteiger partial charge is 0.394 e. The Labute approximate surface area is 319 Å². The van der Waals surface area contributed by atoms with Crippen LogP contribution in [0.15, 0.2) is 12.2 Å². The third-order valence-corrected chi connectivity index (χ3v) is 10.8. The summed E-state index contributed by atoms with van der Waals surface area (Å²) in [4.78, 5) is 12.4. The number of allylic oxidation sites excluding steroid dienone is 1. The van der Waals surface area contributed by atoms with Crippen LogP contribution in [-0.2, 0) is 4.79 Å². The normalized spacial score (nSPS) is 13.6. The number of aliphatic hydroxyl groups excluding tert-OH is 3. The SMILES string of the molecule is CCCCCCCCCCCC/C=C/C(O)C(CO)NC(=O)CC(O)CCCCCCCCCCCCCCCCCCCCCCCCCC. The Bertz CT molecular complexity index is 713. The van der Waals surface area contributed by atoms with Gasteiger partial charge in [-0.15, -0.1) is 0 Å². The van der Waals surface area contributed by atoms with Gasteiger partial charge in [0.05, 0.1) is 31.3 Å². The summed E-state index contributed by atoms with van der Waals surface area (Å²) in [6.45, 7) is 4.22. The number of nitrogens with one attached hydrogen (secondary N) is 1. The zero-order valence-corrected chi connectivity index (χ0v) is 34.5. The third kappa shape index (κ3) is 38.6. The third-order valence-electron chi connectivity index (χ3n) is 10.8. The van der Waals surface area contributed by atoms with Crippen molar-refractivity contribution in [2.45, 2.75) is 270 Å². The highest BCUT2D eigenvalue weighted by atomic mass is 16.3. The number of amides is 1. The van der Waals surface area contributed by atoms with Crippen molar-refractivity contribution in [2.75, 3.05) is 6.61 Å². The van der Waals surface area contributed by atoms with Crippen LogP contribution in [0.5, 0.6) is 0 Å². The average molecular weight is 722 g/mol. The van der Waals surface area contributed by atoms with Gasteiger partial charge in [-0.2, -0.15) is 0 Å². The Morgan fingerprint density at radius 2 is 0.804 bits per heavy atom. The number of carbonyl (C=O) groups excluding carboxylic acids is 1. The van der Waals surface area contributed by atoms with Gasteiger partial charge < -0.3 is 20.6 Å². The highest BCUT2D eigenvalue weighted by molar-refractivity contribution is 5.76. The number of hydrogen-bond donors (Lipinski definition) is 4. The van der Waals surface area contributed by atoms with Crippen molar-refractivity contribution in [1.29, 1.82) is 0 Å². The van der Waals surface area contributed by atoms with Crippen LogP contribution in [-0.4, -0.2) is 46.1 Å². The first kappa shape index (κ1) is 50.1. The standard InChI is InChI=1S/C46H91NO4/c1-3-5-7-9-11-13-15-17-18-19-20-21-22-23-24-25-26-27-28-29-31-33-35-37-39-43(49)41-46(51)47-44(42-48)45(50)40-38-36-34-32-30-16-14-12-10-8-6-4-2/h38,40,43-45,48-50H,3-37,39,41-42H2,1-2H3,(H,47,51)/b40-38+. The van der Waals surface area contributed by atoms with Gasteiger partial charge in [0.1, 0.15) is 0 Å². The van der Waals surface area contributed by atoms with Gasteiger partial charge >= 0.3 is 0 Å². The molecule has 0 saturated carbocycles. The Morgan fingerprint density at radius 3 is 1.14 bits per heavy atom. The molecule has 0 spiro atoms. The van der Waals surface area contributed by atoms with Crippen molar-refractivity contribution in [2.24, 2.45) is 0 Å². The van der Waals surface area contributed by atoms with Crippen LogP contribution in [0.3, 0.4) is 0 Å². The second-order valence-electron chi connectivity index (χ2n) is 16.0. The van der Waals surface area contributed by atoms with Crippen LogP contribution < -0.4 is 5.32 Å². The molecule has 5 heteroatoms. The predicted molar refractivity (Wildman–Crippen MR) is 222 cm³/mol. The fourth-order valence-electron chi connectivity index (χ4n) is 7.28. The smallest absolute Gasteiger partial charge is 0.222 e. The number of aliphatic hydroxyl groups is 3. The summed E-state index contributed by atoms with van der Waals surface area (Å²) >= 11 is 0. The molecule has 3 unspecified atom stereocenters. The summed E-state index contributed by atoms with van der Waals surface area (Å²) in [5.74, 6) is -0.312. The molecule has 0 heterocycles. The zero-order chi connectivity index (χ0) is 37.3. The van der Waals surface area contributed by atoms with Gasteiger partial charge in [-0.1, -0.05) is 238 Å². The Morgan fingerprint density at radius 1 is 0.490 bits per heavy atom. The van der Waals surface area contributed by atoms with Crippen molar-refractivity contribution in [3.63, 3.8) is 0 Å². The van der Waals surface area contributed by atoms with E-state index in [1.54, 1.807) is 6.08 Å². The second kappa shape index (κ2) is 41.8. The van der Waals surface area contributed by atoms with E-state index < -0.39 is 18.2 Å². The first-order valence-electron chi connectivity index (χ1n) is 23.0. The van der Waals surface area contributed by atoms with E-state index in [1.807, 2.05) is 6.08 Å². The first-order chi connectivity index (χ1) is 25.0. The lowest BCUT2D eigenvalue weighted by Crippen LogP contribution is -2.45. The maximum Gasteiger partial charge on any atom is 0.222 e. The Kier molecular flexibility index (Phi) is 41.1. The van der Waals surface area contributed by atoms with Crippen LogP contribution >= 0.6 is 0 Å². The molecular weight excluding hydrogens is 631 g/mol. The molecule has 0 aromatic rings. The van der Waals surface area contributed by atoms with Crippen LogP contribution in [0.4, 0.5) is 0 Å². The van der Waals surface area contributed by atoms with E-state index in [4.69, 9.17) is 0 Å². The molecular formula is C46H91NO4. The van der Waals surface area contributed by atoms with Crippen molar-refractivity contribution in [3.8, 4) is 0 Å². The van der Waals surface area contributed by atoms with Crippen molar-refractivity contribution < 1.29 is 20.1 Å². The predicted octanol–water partition coefficient (Wildman–Crippen LogP) is 13.2. The number of rotatable bonds is 42. The van der Waals surface area contributed by atoms with Gasteiger partial charge in [0.15, 0.2) is 0 Å². The lowest BCUT2D eigenvalue weighted by molar-refractivity contribution is -0.124. The topological polar surface area (TPSA) is 89.8 Å². The quantitative estimate of drug-likeness (QED) is 0.0373. The molecule has 0 aliphatic carbocycles. The molecule has 3 atom stereocenters. The van der Waals surface area contributed by atoms with E-state index in [-0.39, 0.29) is 18.9 Å². The van der Waals surface area contributed by atoms with Crippen molar-refractivity contribution in [3.05, 3.63) is 12.2 Å². The fourth-order valence-corrected chi connectivity index (χ4v) is 7.28. The van der Waals surface area contributed by atoms with E-state index in [0.29, 0.717) is 6.42 Å². The highest BCUT2D eigenvalue weighted by Crippen LogP contribution is 2.17. The molecule has 0 fully saturated rings. The maximum absolute atomic E-state index is 12.4. The summed E-state index contributed by atoms with van der Waals surface area (Å²) in [7, 11) is 0. The summed E-state index contributed by atoms with van der Waals surface area (Å²) in [5, 5.41) is 33.2. The molecule has 0 aliphatic rings. The first-order valence-corrected chi connectivity index (χ1v) is 23.0. The average Bonchev–Trinajstić information content (AvgIpc) is 3.12. The van der Waals surface area contributed by atoms with Gasteiger partial charge in [-0.05, 0) is 19.3 Å². The molecule has 0 aliphatic heterocycles. The van der Waals surface area contributed by atoms with Crippen molar-refractivity contribution in [1.82, 2.24) is 5.32 Å². The molecule has 0 aromatic carbocycles. The van der Waals surface area contributed by atoms with E-state index in [2.05, 4.69) is 19.2 Å².